The molecule has 0 aromatic rings. The molecule has 2 atom stereocenters. The van der Waals surface area contributed by atoms with Crippen LogP contribution in [0, 0.1) is 0 Å². The molecule has 0 aliphatic rings. The second kappa shape index (κ2) is 7.30. The summed E-state index contributed by atoms with van der Waals surface area (Å²) in [6.45, 7) is 0.145. The molecule has 0 fully saturated rings. The zero-order valence-electron chi connectivity index (χ0n) is 6.64. The molecule has 5 nitrogen and oxygen atoms in total. The van der Waals surface area contributed by atoms with Crippen molar-refractivity contribution in [3.8, 4) is 0 Å². The Bertz CT molecular complexity index is 134. The van der Waals surface area contributed by atoms with Gasteiger partial charge in [0.2, 0.25) is 0 Å². The Morgan fingerprint density at radius 2 is 1.92 bits per heavy atom. The van der Waals surface area contributed by atoms with E-state index in [1.165, 1.54) is 0 Å². The van der Waals surface area contributed by atoms with Crippen LogP contribution in [-0.2, 0) is 4.79 Å². The molecule has 0 bridgehead atoms. The lowest BCUT2D eigenvalue weighted by Gasteiger charge is -2.09. The smallest absolute Gasteiger partial charge is 0.320 e. The topological polar surface area (TPSA) is 110 Å². The molecule has 0 aliphatic carbocycles. The molecule has 0 aromatic carbocycles. The highest BCUT2D eigenvalue weighted by Gasteiger charge is 2.12. The summed E-state index contributed by atoms with van der Waals surface area (Å²) in [6.07, 6.45) is -0.0436. The third-order valence-electron chi connectivity index (χ3n) is 1.40. The van der Waals surface area contributed by atoms with Gasteiger partial charge in [0.25, 0.3) is 0 Å². The Morgan fingerprint density at radius 3 is 2.25 bits per heavy atom. The van der Waals surface area contributed by atoms with Crippen LogP contribution in [0.1, 0.15) is 12.8 Å². The van der Waals surface area contributed by atoms with Crippen LogP contribution in [0.25, 0.3) is 0 Å². The third-order valence-corrected chi connectivity index (χ3v) is 1.40. The minimum atomic E-state index is -1.05. The molecule has 74 valence electrons. The van der Waals surface area contributed by atoms with Crippen molar-refractivity contribution in [2.75, 3.05) is 6.54 Å². The second-order valence-electron chi connectivity index (χ2n) is 2.41. The molecule has 1 unspecified atom stereocenters. The molecule has 0 aromatic heterocycles. The van der Waals surface area contributed by atoms with E-state index in [1.54, 1.807) is 0 Å². The first-order valence-electron chi connectivity index (χ1n) is 3.44. The van der Waals surface area contributed by atoms with Crippen LogP contribution in [0.3, 0.4) is 0 Å². The molecular weight excluding hydrogens is 184 g/mol. The van der Waals surface area contributed by atoms with E-state index in [9.17, 15) is 4.79 Å². The monoisotopic (exact) mass is 198 g/mol. The second-order valence-corrected chi connectivity index (χ2v) is 2.41. The number of carboxylic acid groups (broad SMARTS) is 1. The number of hydrogen-bond acceptors (Lipinski definition) is 4. The zero-order valence-corrected chi connectivity index (χ0v) is 7.46. The number of aliphatic carboxylic acids is 1. The van der Waals surface area contributed by atoms with Crippen molar-refractivity contribution >= 4 is 18.4 Å². The van der Waals surface area contributed by atoms with Gasteiger partial charge in [-0.25, -0.2) is 0 Å². The Hall–Kier alpha value is -0.360. The summed E-state index contributed by atoms with van der Waals surface area (Å²) in [5, 5.41) is 17.2. The van der Waals surface area contributed by atoms with Gasteiger partial charge in [0.15, 0.2) is 0 Å². The summed E-state index contributed by atoms with van der Waals surface area (Å²) in [7, 11) is 0. The maximum atomic E-state index is 10.2. The summed E-state index contributed by atoms with van der Waals surface area (Å²) in [5.74, 6) is -1.05. The summed E-state index contributed by atoms with van der Waals surface area (Å²) in [5.41, 5.74) is 10.3. The Kier molecular flexibility index (Phi) is 8.62. The van der Waals surface area contributed by atoms with Gasteiger partial charge in [0.1, 0.15) is 6.04 Å². The van der Waals surface area contributed by atoms with Crippen LogP contribution in [-0.4, -0.2) is 34.9 Å². The Labute approximate surface area is 77.1 Å². The van der Waals surface area contributed by atoms with Crippen molar-refractivity contribution < 1.29 is 15.0 Å². The summed E-state index contributed by atoms with van der Waals surface area (Å²) in [6, 6.07) is -0.892. The first-order chi connectivity index (χ1) is 5.07. The highest BCUT2D eigenvalue weighted by molar-refractivity contribution is 5.85. The molecule has 0 radical (unpaired) electrons. The number of aliphatic hydroxyl groups excluding tert-OH is 1. The van der Waals surface area contributed by atoms with E-state index in [-0.39, 0.29) is 25.4 Å². The van der Waals surface area contributed by atoms with Crippen LogP contribution >= 0.6 is 12.4 Å². The van der Waals surface area contributed by atoms with Crippen molar-refractivity contribution in [1.82, 2.24) is 0 Å². The van der Waals surface area contributed by atoms with Gasteiger partial charge in [-0.05, 0) is 12.8 Å². The third kappa shape index (κ3) is 6.36. The lowest BCUT2D eigenvalue weighted by Crippen LogP contribution is -2.32. The van der Waals surface area contributed by atoms with Gasteiger partial charge in [-0.3, -0.25) is 4.79 Å². The number of aliphatic hydroxyl groups is 1. The number of carbonyl (C=O) groups is 1. The highest BCUT2D eigenvalue weighted by atomic mass is 35.5. The maximum Gasteiger partial charge on any atom is 0.320 e. The summed E-state index contributed by atoms with van der Waals surface area (Å²) in [4.78, 5) is 10.2. The first kappa shape index (κ1) is 14.2. The SMILES string of the molecule is Cl.NCC(O)CC[C@H](N)C(=O)O. The largest absolute Gasteiger partial charge is 0.480 e. The van der Waals surface area contributed by atoms with Crippen LogP contribution < -0.4 is 11.5 Å². The van der Waals surface area contributed by atoms with Gasteiger partial charge in [-0.1, -0.05) is 0 Å². The molecule has 0 heterocycles. The lowest BCUT2D eigenvalue weighted by atomic mass is 10.1. The molecule has 12 heavy (non-hydrogen) atoms. The fourth-order valence-electron chi connectivity index (χ4n) is 0.613. The summed E-state index contributed by atoms with van der Waals surface area (Å²) >= 11 is 0. The van der Waals surface area contributed by atoms with E-state index in [1.807, 2.05) is 0 Å². The van der Waals surface area contributed by atoms with E-state index in [0.717, 1.165) is 0 Å². The number of carboxylic acids is 1. The van der Waals surface area contributed by atoms with Gasteiger partial charge in [-0.2, -0.15) is 0 Å². The average molecular weight is 199 g/mol. The van der Waals surface area contributed by atoms with Gasteiger partial charge >= 0.3 is 5.97 Å². The molecular formula is C6H15ClN2O3. The Balaban J connectivity index is 0. The number of halogens is 1. The minimum Gasteiger partial charge on any atom is -0.480 e. The molecule has 0 saturated carbocycles. The van der Waals surface area contributed by atoms with Gasteiger partial charge in [-0.15, -0.1) is 12.4 Å². The van der Waals surface area contributed by atoms with Crippen molar-refractivity contribution in [3.63, 3.8) is 0 Å². The molecule has 6 heteroatoms. The highest BCUT2D eigenvalue weighted by Crippen LogP contribution is 1.98. The standard InChI is InChI=1S/C6H14N2O3.ClH/c7-3-4(9)1-2-5(8)6(10)11;/h4-5,9H,1-3,7-8H2,(H,10,11);1H/t4?,5-;/m0./s1. The van der Waals surface area contributed by atoms with E-state index in [4.69, 9.17) is 21.7 Å². The number of rotatable bonds is 5. The lowest BCUT2D eigenvalue weighted by molar-refractivity contribution is -0.138. The molecule has 6 N–H and O–H groups in total. The number of nitrogens with two attached hydrogens (primary N) is 2. The van der Waals surface area contributed by atoms with Gasteiger partial charge in [0.05, 0.1) is 6.10 Å². The fourth-order valence-corrected chi connectivity index (χ4v) is 0.613. The molecule has 0 saturated heterocycles. The van der Waals surface area contributed by atoms with Gasteiger partial charge in [0, 0.05) is 6.54 Å². The van der Waals surface area contributed by atoms with Crippen LogP contribution in [0.4, 0.5) is 0 Å². The van der Waals surface area contributed by atoms with Crippen LogP contribution in [0.15, 0.2) is 0 Å². The fraction of sp³-hybridized carbons (Fsp3) is 0.833. The van der Waals surface area contributed by atoms with Crippen molar-refractivity contribution in [2.45, 2.75) is 25.0 Å². The molecule has 0 amide bonds. The van der Waals surface area contributed by atoms with Crippen molar-refractivity contribution in [3.05, 3.63) is 0 Å². The molecule has 0 aliphatic heterocycles. The predicted octanol–water partition coefficient (Wildman–Crippen LogP) is -1.08. The maximum absolute atomic E-state index is 10.2. The Morgan fingerprint density at radius 1 is 1.42 bits per heavy atom. The van der Waals surface area contributed by atoms with E-state index >= 15 is 0 Å². The van der Waals surface area contributed by atoms with E-state index in [2.05, 4.69) is 0 Å². The summed E-state index contributed by atoms with van der Waals surface area (Å²) < 4.78 is 0. The minimum absolute atomic E-state index is 0. The predicted molar refractivity (Wildman–Crippen MR) is 47.2 cm³/mol. The van der Waals surface area contributed by atoms with Crippen molar-refractivity contribution in [2.24, 2.45) is 11.5 Å². The molecule has 0 rings (SSSR count). The van der Waals surface area contributed by atoms with E-state index in [0.29, 0.717) is 6.42 Å². The van der Waals surface area contributed by atoms with Gasteiger partial charge < -0.3 is 21.7 Å². The van der Waals surface area contributed by atoms with Crippen LogP contribution in [0.2, 0.25) is 0 Å². The zero-order chi connectivity index (χ0) is 8.85. The average Bonchev–Trinajstić information content (AvgIpc) is 1.99. The van der Waals surface area contributed by atoms with Crippen molar-refractivity contribution in [1.29, 1.82) is 0 Å². The number of hydrogen-bond donors (Lipinski definition) is 4. The van der Waals surface area contributed by atoms with Crippen LogP contribution in [0.5, 0.6) is 0 Å². The first-order valence-corrected chi connectivity index (χ1v) is 3.44. The molecule has 0 spiro atoms. The quantitative estimate of drug-likeness (QED) is 0.449. The van der Waals surface area contributed by atoms with E-state index < -0.39 is 18.1 Å². The normalized spacial score (nSPS) is 14.6.